The molecule has 1 amide bonds. The van der Waals surface area contributed by atoms with Crippen LogP contribution in [0.15, 0.2) is 36.4 Å². The first-order valence-corrected chi connectivity index (χ1v) is 8.25. The minimum atomic E-state index is -0.767. The number of nitrogens with one attached hydrogen (secondary N) is 1. The van der Waals surface area contributed by atoms with Gasteiger partial charge in [-0.25, -0.2) is 0 Å². The molecule has 25 heavy (non-hydrogen) atoms. The van der Waals surface area contributed by atoms with Crippen molar-refractivity contribution in [2.75, 3.05) is 0 Å². The third kappa shape index (κ3) is 4.57. The number of aromatic hydroxyl groups is 2. The Balaban J connectivity index is 2.09. The Hall–Kier alpha value is -2.40. The van der Waals surface area contributed by atoms with Gasteiger partial charge in [-0.15, -0.1) is 0 Å². The fourth-order valence-electron chi connectivity index (χ4n) is 2.34. The van der Waals surface area contributed by atoms with Gasteiger partial charge >= 0.3 is 0 Å². The van der Waals surface area contributed by atoms with Crippen LogP contribution in [0, 0.1) is 6.92 Å². The molecule has 0 fully saturated rings. The molecule has 0 aliphatic heterocycles. The minimum Gasteiger partial charge on any atom is -0.504 e. The number of carbonyl (C=O) groups is 1. The average Bonchev–Trinajstić information content (AvgIpc) is 2.52. The lowest BCUT2D eigenvalue weighted by atomic mass is 9.93. The molecule has 0 bridgehead atoms. The smallest absolute Gasteiger partial charge is 0.261 e. The van der Waals surface area contributed by atoms with Crippen LogP contribution in [0.3, 0.4) is 0 Å². The number of ether oxygens (including phenoxy) is 1. The third-order valence-electron chi connectivity index (χ3n) is 3.89. The van der Waals surface area contributed by atoms with Crippen LogP contribution in [-0.4, -0.2) is 22.2 Å². The number of phenolic OH excluding ortho intramolecular Hbond substituents is 2. The van der Waals surface area contributed by atoms with Crippen LogP contribution in [0.1, 0.15) is 31.9 Å². The zero-order valence-corrected chi connectivity index (χ0v) is 15.4. The molecule has 0 aliphatic rings. The number of rotatable bonds is 5. The molecule has 2 aromatic rings. The van der Waals surface area contributed by atoms with E-state index in [4.69, 9.17) is 16.3 Å². The predicted octanol–water partition coefficient (Wildman–Crippen LogP) is 3.88. The van der Waals surface area contributed by atoms with Gasteiger partial charge in [0, 0.05) is 0 Å². The van der Waals surface area contributed by atoms with Crippen LogP contribution >= 0.6 is 11.6 Å². The van der Waals surface area contributed by atoms with Crippen LogP contribution in [0.25, 0.3) is 0 Å². The maximum atomic E-state index is 12.5. The minimum absolute atomic E-state index is 0.211. The van der Waals surface area contributed by atoms with Gasteiger partial charge in [0.2, 0.25) is 0 Å². The van der Waals surface area contributed by atoms with Gasteiger partial charge in [0.1, 0.15) is 5.75 Å². The standard InChI is InChI=1S/C19H22ClNO4/c1-11-5-8-17(14(20)9-11)25-12(2)18(24)21-19(3,4)13-6-7-15(22)16(23)10-13/h5-10,12,22-23H,1-4H3,(H,21,24). The van der Waals surface area contributed by atoms with Crippen molar-refractivity contribution < 1.29 is 19.7 Å². The Bertz CT molecular complexity index is 789. The highest BCUT2D eigenvalue weighted by molar-refractivity contribution is 6.32. The summed E-state index contributed by atoms with van der Waals surface area (Å²) in [6.45, 7) is 7.14. The summed E-state index contributed by atoms with van der Waals surface area (Å²) in [5, 5.41) is 22.4. The number of hydrogen-bond acceptors (Lipinski definition) is 4. The van der Waals surface area contributed by atoms with Gasteiger partial charge in [-0.2, -0.15) is 0 Å². The molecule has 0 saturated heterocycles. The Morgan fingerprint density at radius 2 is 1.84 bits per heavy atom. The summed E-state index contributed by atoms with van der Waals surface area (Å²) in [6, 6.07) is 9.78. The first-order valence-electron chi connectivity index (χ1n) is 7.87. The predicted molar refractivity (Wildman–Crippen MR) is 97.2 cm³/mol. The van der Waals surface area contributed by atoms with Crippen molar-refractivity contribution >= 4 is 17.5 Å². The number of benzene rings is 2. The van der Waals surface area contributed by atoms with E-state index < -0.39 is 11.6 Å². The molecular formula is C19H22ClNO4. The van der Waals surface area contributed by atoms with E-state index in [0.717, 1.165) is 5.56 Å². The summed E-state index contributed by atoms with van der Waals surface area (Å²) in [4.78, 5) is 12.5. The molecule has 0 spiro atoms. The van der Waals surface area contributed by atoms with Crippen molar-refractivity contribution in [1.29, 1.82) is 0 Å². The molecule has 2 rings (SSSR count). The Morgan fingerprint density at radius 1 is 1.16 bits per heavy atom. The second-order valence-electron chi connectivity index (χ2n) is 6.51. The van der Waals surface area contributed by atoms with Crippen LogP contribution in [0.4, 0.5) is 0 Å². The number of halogens is 1. The first-order chi connectivity index (χ1) is 11.6. The zero-order chi connectivity index (χ0) is 18.8. The highest BCUT2D eigenvalue weighted by Crippen LogP contribution is 2.31. The highest BCUT2D eigenvalue weighted by Gasteiger charge is 2.27. The van der Waals surface area contributed by atoms with E-state index in [9.17, 15) is 15.0 Å². The van der Waals surface area contributed by atoms with Crippen LogP contribution in [-0.2, 0) is 10.3 Å². The average molecular weight is 364 g/mol. The molecule has 3 N–H and O–H groups in total. The van der Waals surface area contributed by atoms with Crippen molar-refractivity contribution in [3.63, 3.8) is 0 Å². The summed E-state index contributed by atoms with van der Waals surface area (Å²) >= 11 is 6.13. The number of aryl methyl sites for hydroxylation is 1. The fraction of sp³-hybridized carbons (Fsp3) is 0.316. The van der Waals surface area contributed by atoms with Gasteiger partial charge in [0.25, 0.3) is 5.91 Å². The van der Waals surface area contributed by atoms with E-state index in [1.807, 2.05) is 13.0 Å². The molecule has 0 aliphatic carbocycles. The van der Waals surface area contributed by atoms with E-state index in [-0.39, 0.29) is 17.4 Å². The van der Waals surface area contributed by atoms with Crippen LogP contribution in [0.2, 0.25) is 5.02 Å². The SMILES string of the molecule is Cc1ccc(OC(C)C(=O)NC(C)(C)c2ccc(O)c(O)c2)c(Cl)c1. The largest absolute Gasteiger partial charge is 0.504 e. The number of carbonyl (C=O) groups excluding carboxylic acids is 1. The maximum absolute atomic E-state index is 12.5. The first kappa shape index (κ1) is 18.9. The summed E-state index contributed by atoms with van der Waals surface area (Å²) in [7, 11) is 0. The molecule has 0 radical (unpaired) electrons. The summed E-state index contributed by atoms with van der Waals surface area (Å²) < 4.78 is 5.65. The molecule has 6 heteroatoms. The fourth-order valence-corrected chi connectivity index (χ4v) is 2.62. The lowest BCUT2D eigenvalue weighted by Crippen LogP contribution is -2.46. The van der Waals surface area contributed by atoms with E-state index in [1.165, 1.54) is 12.1 Å². The Kier molecular flexibility index (Phi) is 5.48. The van der Waals surface area contributed by atoms with Crippen LogP contribution < -0.4 is 10.1 Å². The van der Waals surface area contributed by atoms with Gasteiger partial charge in [0.15, 0.2) is 17.6 Å². The monoisotopic (exact) mass is 363 g/mol. The Labute approximate surface area is 152 Å². The van der Waals surface area contributed by atoms with Gasteiger partial charge < -0.3 is 20.3 Å². The number of phenols is 2. The number of hydrogen-bond donors (Lipinski definition) is 3. The third-order valence-corrected chi connectivity index (χ3v) is 4.19. The maximum Gasteiger partial charge on any atom is 0.261 e. The van der Waals surface area contributed by atoms with Gasteiger partial charge in [-0.05, 0) is 63.1 Å². The van der Waals surface area contributed by atoms with Gasteiger partial charge in [0.05, 0.1) is 10.6 Å². The molecule has 134 valence electrons. The van der Waals surface area contributed by atoms with Crippen LogP contribution in [0.5, 0.6) is 17.2 Å². The van der Waals surface area contributed by atoms with Gasteiger partial charge in [-0.1, -0.05) is 23.7 Å². The lowest BCUT2D eigenvalue weighted by Gasteiger charge is -2.29. The molecule has 0 saturated carbocycles. The second-order valence-corrected chi connectivity index (χ2v) is 6.92. The lowest BCUT2D eigenvalue weighted by molar-refractivity contribution is -0.129. The second kappa shape index (κ2) is 7.23. The van der Waals surface area contributed by atoms with E-state index in [0.29, 0.717) is 16.3 Å². The zero-order valence-electron chi connectivity index (χ0n) is 14.6. The molecule has 1 atom stereocenters. The van der Waals surface area contributed by atoms with Crippen molar-refractivity contribution in [3.05, 3.63) is 52.5 Å². The molecule has 0 aromatic heterocycles. The van der Waals surface area contributed by atoms with Crippen molar-refractivity contribution in [3.8, 4) is 17.2 Å². The van der Waals surface area contributed by atoms with Crippen molar-refractivity contribution in [2.24, 2.45) is 0 Å². The molecule has 0 heterocycles. The van der Waals surface area contributed by atoms with Crippen molar-refractivity contribution in [1.82, 2.24) is 5.32 Å². The molecular weight excluding hydrogens is 342 g/mol. The van der Waals surface area contributed by atoms with Gasteiger partial charge in [-0.3, -0.25) is 4.79 Å². The Morgan fingerprint density at radius 3 is 2.44 bits per heavy atom. The topological polar surface area (TPSA) is 78.8 Å². The number of amides is 1. The summed E-state index contributed by atoms with van der Waals surface area (Å²) in [5.41, 5.74) is 0.885. The van der Waals surface area contributed by atoms with E-state index in [1.54, 1.807) is 39.0 Å². The molecule has 5 nitrogen and oxygen atoms in total. The molecule has 1 unspecified atom stereocenters. The quantitative estimate of drug-likeness (QED) is 0.704. The molecule has 2 aromatic carbocycles. The van der Waals surface area contributed by atoms with E-state index >= 15 is 0 Å². The van der Waals surface area contributed by atoms with E-state index in [2.05, 4.69) is 5.32 Å². The highest BCUT2D eigenvalue weighted by atomic mass is 35.5. The summed E-state index contributed by atoms with van der Waals surface area (Å²) in [6.07, 6.45) is -0.759. The normalized spacial score (nSPS) is 12.5. The van der Waals surface area contributed by atoms with Crippen molar-refractivity contribution in [2.45, 2.75) is 39.3 Å². The summed E-state index contributed by atoms with van der Waals surface area (Å²) in [5.74, 6) is -0.337.